The van der Waals surface area contributed by atoms with Gasteiger partial charge in [-0.25, -0.2) is 0 Å². The summed E-state index contributed by atoms with van der Waals surface area (Å²) in [6.45, 7) is 0.234. The minimum atomic E-state index is -1.60. The second-order valence-electron chi connectivity index (χ2n) is 4.86. The van der Waals surface area contributed by atoms with Crippen molar-refractivity contribution in [3.63, 3.8) is 0 Å². The fourth-order valence-electron chi connectivity index (χ4n) is 2.14. The molecule has 4 nitrogen and oxygen atoms in total. The molecule has 0 amide bonds. The predicted octanol–water partition coefficient (Wildman–Crippen LogP) is 3.51. The van der Waals surface area contributed by atoms with Crippen molar-refractivity contribution in [2.45, 2.75) is 12.9 Å². The normalized spacial score (nSPS) is 10.9. The number of rotatable bonds is 5. The van der Waals surface area contributed by atoms with Crippen LogP contribution < -0.4 is 4.74 Å². The Balaban J connectivity index is 1.63. The largest absolute Gasteiger partial charge is 0.486 e. The SMILES string of the molecule is OC(O)c1ccc(COc2ccc(-c3ccccc3)cc2)o1. The Morgan fingerprint density at radius 3 is 2.14 bits per heavy atom. The first-order valence-corrected chi connectivity index (χ1v) is 6.95. The van der Waals surface area contributed by atoms with Crippen molar-refractivity contribution >= 4 is 0 Å². The molecule has 112 valence electrons. The van der Waals surface area contributed by atoms with Crippen LogP contribution in [0.2, 0.25) is 0 Å². The van der Waals surface area contributed by atoms with Gasteiger partial charge < -0.3 is 19.4 Å². The summed E-state index contributed by atoms with van der Waals surface area (Å²) in [5.41, 5.74) is 2.28. The molecule has 0 unspecified atom stereocenters. The smallest absolute Gasteiger partial charge is 0.212 e. The first-order valence-electron chi connectivity index (χ1n) is 6.95. The summed E-state index contributed by atoms with van der Waals surface area (Å²) in [5.74, 6) is 1.37. The zero-order chi connectivity index (χ0) is 15.4. The summed E-state index contributed by atoms with van der Waals surface area (Å²) in [5, 5.41) is 18.0. The molecule has 2 N–H and O–H groups in total. The molecule has 0 aliphatic carbocycles. The Morgan fingerprint density at radius 2 is 1.50 bits per heavy atom. The van der Waals surface area contributed by atoms with Crippen LogP contribution in [0.25, 0.3) is 11.1 Å². The van der Waals surface area contributed by atoms with Crippen molar-refractivity contribution in [2.75, 3.05) is 0 Å². The van der Waals surface area contributed by atoms with Gasteiger partial charge in [0, 0.05) is 0 Å². The van der Waals surface area contributed by atoms with Crippen LogP contribution in [0, 0.1) is 0 Å². The molecule has 22 heavy (non-hydrogen) atoms. The van der Waals surface area contributed by atoms with E-state index < -0.39 is 6.29 Å². The van der Waals surface area contributed by atoms with Gasteiger partial charge in [0.05, 0.1) is 0 Å². The Kier molecular flexibility index (Phi) is 4.23. The topological polar surface area (TPSA) is 62.8 Å². The van der Waals surface area contributed by atoms with Crippen LogP contribution in [0.4, 0.5) is 0 Å². The van der Waals surface area contributed by atoms with Crippen LogP contribution in [0.15, 0.2) is 71.1 Å². The lowest BCUT2D eigenvalue weighted by Gasteiger charge is -2.06. The van der Waals surface area contributed by atoms with Gasteiger partial charge in [-0.1, -0.05) is 42.5 Å². The molecule has 1 aromatic heterocycles. The summed E-state index contributed by atoms with van der Waals surface area (Å²) in [6.07, 6.45) is -1.60. The van der Waals surface area contributed by atoms with Gasteiger partial charge in [-0.15, -0.1) is 0 Å². The van der Waals surface area contributed by atoms with Crippen LogP contribution in [0.3, 0.4) is 0 Å². The molecule has 0 aliphatic heterocycles. The summed E-state index contributed by atoms with van der Waals surface area (Å²) >= 11 is 0. The quantitative estimate of drug-likeness (QED) is 0.707. The standard InChI is InChI=1S/C18H16O4/c19-18(20)17-11-10-16(22-17)12-21-15-8-6-14(7-9-15)13-4-2-1-3-5-13/h1-11,18-20H,12H2. The summed E-state index contributed by atoms with van der Waals surface area (Å²) < 4.78 is 10.9. The average molecular weight is 296 g/mol. The van der Waals surface area contributed by atoms with Crippen molar-refractivity contribution < 1.29 is 19.4 Å². The third-order valence-corrected chi connectivity index (χ3v) is 3.28. The molecule has 0 radical (unpaired) electrons. The number of aliphatic hydroxyl groups excluding tert-OH is 1. The molecule has 0 atom stereocenters. The third-order valence-electron chi connectivity index (χ3n) is 3.28. The Bertz CT molecular complexity index is 714. The van der Waals surface area contributed by atoms with E-state index in [1.54, 1.807) is 6.07 Å². The first-order chi connectivity index (χ1) is 10.7. The van der Waals surface area contributed by atoms with Gasteiger partial charge in [0.2, 0.25) is 6.29 Å². The van der Waals surface area contributed by atoms with Gasteiger partial charge in [-0.05, 0) is 35.4 Å². The number of hydrogen-bond acceptors (Lipinski definition) is 4. The number of hydrogen-bond donors (Lipinski definition) is 2. The molecule has 0 bridgehead atoms. The van der Waals surface area contributed by atoms with Crippen molar-refractivity contribution in [1.29, 1.82) is 0 Å². The lowest BCUT2D eigenvalue weighted by Crippen LogP contribution is -1.94. The van der Waals surface area contributed by atoms with Gasteiger partial charge in [0.15, 0.2) is 5.76 Å². The molecule has 0 saturated carbocycles. The fourth-order valence-corrected chi connectivity index (χ4v) is 2.14. The highest BCUT2D eigenvalue weighted by atomic mass is 16.5. The van der Waals surface area contributed by atoms with Gasteiger partial charge in [-0.3, -0.25) is 0 Å². The predicted molar refractivity (Wildman–Crippen MR) is 82.1 cm³/mol. The van der Waals surface area contributed by atoms with Crippen LogP contribution in [-0.4, -0.2) is 10.2 Å². The van der Waals surface area contributed by atoms with E-state index in [4.69, 9.17) is 19.4 Å². The first kappa shape index (κ1) is 14.4. The maximum atomic E-state index is 8.98. The van der Waals surface area contributed by atoms with E-state index in [0.717, 1.165) is 16.9 Å². The van der Waals surface area contributed by atoms with Crippen molar-refractivity contribution in [1.82, 2.24) is 0 Å². The fraction of sp³-hybridized carbons (Fsp3) is 0.111. The van der Waals surface area contributed by atoms with Crippen LogP contribution in [0.5, 0.6) is 5.75 Å². The number of benzene rings is 2. The molecule has 1 heterocycles. The van der Waals surface area contributed by atoms with Crippen molar-refractivity contribution in [3.05, 3.63) is 78.3 Å². The number of ether oxygens (including phenoxy) is 1. The zero-order valence-electron chi connectivity index (χ0n) is 11.8. The van der Waals surface area contributed by atoms with E-state index in [2.05, 4.69) is 12.1 Å². The highest BCUT2D eigenvalue weighted by Crippen LogP contribution is 2.23. The summed E-state index contributed by atoms with van der Waals surface area (Å²) in [6, 6.07) is 21.1. The second-order valence-corrected chi connectivity index (χ2v) is 4.86. The Hall–Kier alpha value is -2.56. The van der Waals surface area contributed by atoms with E-state index in [-0.39, 0.29) is 12.4 Å². The van der Waals surface area contributed by atoms with E-state index in [0.29, 0.717) is 5.76 Å². The van der Waals surface area contributed by atoms with Crippen molar-refractivity contribution in [2.24, 2.45) is 0 Å². The molecule has 3 rings (SSSR count). The molecule has 0 fully saturated rings. The monoisotopic (exact) mass is 296 g/mol. The summed E-state index contributed by atoms with van der Waals surface area (Å²) in [4.78, 5) is 0. The van der Waals surface area contributed by atoms with Crippen molar-refractivity contribution in [3.8, 4) is 16.9 Å². The second kappa shape index (κ2) is 6.47. The number of furan rings is 1. The van der Waals surface area contributed by atoms with Gasteiger partial charge in [-0.2, -0.15) is 0 Å². The maximum Gasteiger partial charge on any atom is 0.212 e. The zero-order valence-corrected chi connectivity index (χ0v) is 11.8. The number of aliphatic hydroxyl groups is 2. The molecule has 2 aromatic carbocycles. The average Bonchev–Trinajstić information content (AvgIpc) is 3.04. The maximum absolute atomic E-state index is 8.98. The van der Waals surface area contributed by atoms with E-state index in [1.165, 1.54) is 6.07 Å². The summed E-state index contributed by atoms with van der Waals surface area (Å²) in [7, 11) is 0. The lowest BCUT2D eigenvalue weighted by atomic mass is 10.1. The third kappa shape index (κ3) is 3.36. The van der Waals surface area contributed by atoms with E-state index in [9.17, 15) is 0 Å². The molecular weight excluding hydrogens is 280 g/mol. The lowest BCUT2D eigenvalue weighted by molar-refractivity contribution is -0.0590. The van der Waals surface area contributed by atoms with Gasteiger partial charge in [0.1, 0.15) is 18.1 Å². The van der Waals surface area contributed by atoms with Crippen LogP contribution in [0.1, 0.15) is 17.8 Å². The van der Waals surface area contributed by atoms with E-state index in [1.807, 2.05) is 42.5 Å². The van der Waals surface area contributed by atoms with E-state index >= 15 is 0 Å². The highest BCUT2D eigenvalue weighted by Gasteiger charge is 2.09. The van der Waals surface area contributed by atoms with Gasteiger partial charge >= 0.3 is 0 Å². The highest BCUT2D eigenvalue weighted by molar-refractivity contribution is 5.63. The molecule has 0 aliphatic rings. The minimum absolute atomic E-state index is 0.109. The van der Waals surface area contributed by atoms with Crippen LogP contribution >= 0.6 is 0 Å². The Morgan fingerprint density at radius 1 is 0.818 bits per heavy atom. The molecule has 0 spiro atoms. The van der Waals surface area contributed by atoms with Gasteiger partial charge in [0.25, 0.3) is 0 Å². The molecular formula is C18H16O4. The molecule has 0 saturated heterocycles. The Labute approximate surface area is 128 Å². The molecule has 4 heteroatoms. The van der Waals surface area contributed by atoms with Crippen LogP contribution in [-0.2, 0) is 6.61 Å². The molecule has 3 aromatic rings. The minimum Gasteiger partial charge on any atom is -0.486 e.